The van der Waals surface area contributed by atoms with E-state index in [1.807, 2.05) is 43.1 Å². The number of ether oxygens (including phenoxy) is 1. The number of carbonyl (C=O) groups excluding carboxylic acids is 1. The number of aromatic nitrogens is 4. The summed E-state index contributed by atoms with van der Waals surface area (Å²) in [6.45, 7) is 1.89. The molecule has 1 amide bonds. The van der Waals surface area contributed by atoms with Crippen molar-refractivity contribution in [1.82, 2.24) is 25.1 Å². The Morgan fingerprint density at radius 3 is 2.52 bits per heavy atom. The zero-order valence-corrected chi connectivity index (χ0v) is 15.1. The number of hydrogen-bond acceptors (Lipinski definition) is 5. The minimum atomic E-state index is -0.450. The topological polar surface area (TPSA) is 73.1 Å². The summed E-state index contributed by atoms with van der Waals surface area (Å²) in [5, 5.41) is 12.5. The van der Waals surface area contributed by atoms with Crippen LogP contribution in [0.1, 0.15) is 51.3 Å². The largest absolute Gasteiger partial charge is 0.497 e. The number of rotatable bonds is 5. The highest BCUT2D eigenvalue weighted by Gasteiger charge is 2.44. The third-order valence-corrected chi connectivity index (χ3v) is 5.20. The minimum absolute atomic E-state index is 0.117. The molecule has 3 rings (SSSR count). The molecule has 1 fully saturated rings. The van der Waals surface area contributed by atoms with Crippen LogP contribution in [0.5, 0.6) is 5.75 Å². The average molecular weight is 343 g/mol. The highest BCUT2D eigenvalue weighted by atomic mass is 16.5. The van der Waals surface area contributed by atoms with Gasteiger partial charge in [0.2, 0.25) is 5.91 Å². The maximum Gasteiger partial charge on any atom is 0.222 e. The first-order chi connectivity index (χ1) is 12.1. The Bertz CT molecular complexity index is 719. The van der Waals surface area contributed by atoms with E-state index in [1.165, 1.54) is 6.42 Å². The van der Waals surface area contributed by atoms with Crippen LogP contribution in [-0.4, -0.2) is 45.2 Å². The summed E-state index contributed by atoms with van der Waals surface area (Å²) in [6, 6.07) is 7.62. The molecule has 25 heavy (non-hydrogen) atoms. The second-order valence-corrected chi connectivity index (χ2v) is 6.51. The normalized spacial score (nSPS) is 16.4. The molecule has 1 aromatic carbocycles. The number of nitrogens with zero attached hydrogens (tertiary/aromatic N) is 5. The van der Waals surface area contributed by atoms with E-state index in [0.717, 1.165) is 42.9 Å². The molecule has 0 aliphatic heterocycles. The van der Waals surface area contributed by atoms with Crippen molar-refractivity contribution in [3.63, 3.8) is 0 Å². The van der Waals surface area contributed by atoms with Crippen LogP contribution in [0.3, 0.4) is 0 Å². The van der Waals surface area contributed by atoms with Gasteiger partial charge in [-0.05, 0) is 47.5 Å². The molecule has 7 heteroatoms. The average Bonchev–Trinajstić information content (AvgIpc) is 3.17. The predicted octanol–water partition coefficient (Wildman–Crippen LogP) is 2.70. The number of methoxy groups -OCH3 is 1. The van der Waals surface area contributed by atoms with Gasteiger partial charge in [0.05, 0.1) is 12.8 Å². The van der Waals surface area contributed by atoms with Gasteiger partial charge in [-0.3, -0.25) is 4.79 Å². The number of hydrogen-bond donors (Lipinski definition) is 0. The van der Waals surface area contributed by atoms with E-state index >= 15 is 0 Å². The van der Waals surface area contributed by atoms with E-state index in [-0.39, 0.29) is 5.91 Å². The lowest BCUT2D eigenvalue weighted by atomic mass is 9.79. The van der Waals surface area contributed by atoms with Crippen LogP contribution in [0.15, 0.2) is 24.3 Å². The molecule has 0 unspecified atom stereocenters. The zero-order valence-electron chi connectivity index (χ0n) is 15.1. The van der Waals surface area contributed by atoms with E-state index in [2.05, 4.69) is 15.5 Å². The van der Waals surface area contributed by atoms with Gasteiger partial charge >= 0.3 is 0 Å². The smallest absolute Gasteiger partial charge is 0.222 e. The molecular weight excluding hydrogens is 318 g/mol. The molecule has 0 radical (unpaired) electrons. The Balaban J connectivity index is 2.05. The first kappa shape index (κ1) is 17.4. The molecule has 1 aliphatic rings. The number of tetrazole rings is 1. The van der Waals surface area contributed by atoms with Crippen molar-refractivity contribution < 1.29 is 9.53 Å². The van der Waals surface area contributed by atoms with Gasteiger partial charge in [-0.15, -0.1) is 5.10 Å². The third kappa shape index (κ3) is 3.10. The van der Waals surface area contributed by atoms with E-state index in [9.17, 15) is 4.79 Å². The molecule has 2 aromatic rings. The van der Waals surface area contributed by atoms with Crippen LogP contribution in [0.2, 0.25) is 0 Å². The fourth-order valence-electron chi connectivity index (χ4n) is 3.70. The van der Waals surface area contributed by atoms with E-state index in [0.29, 0.717) is 6.42 Å². The van der Waals surface area contributed by atoms with Crippen molar-refractivity contribution in [3.05, 3.63) is 30.1 Å². The molecule has 1 saturated carbocycles. The Hall–Kier alpha value is -2.44. The molecule has 0 bridgehead atoms. The molecule has 0 atom stereocenters. The van der Waals surface area contributed by atoms with Gasteiger partial charge in [-0.25, -0.2) is 0 Å². The molecule has 0 N–H and O–H groups in total. The second-order valence-electron chi connectivity index (χ2n) is 6.51. The van der Waals surface area contributed by atoms with E-state index in [1.54, 1.807) is 11.8 Å². The lowest BCUT2D eigenvalue weighted by Crippen LogP contribution is -2.49. The summed E-state index contributed by atoms with van der Waals surface area (Å²) in [4.78, 5) is 14.3. The summed E-state index contributed by atoms with van der Waals surface area (Å²) in [6.07, 6.45) is 5.55. The molecule has 7 nitrogen and oxygen atoms in total. The SMILES string of the molecule is CCC(=O)N(C)C1(c2nnnn2-c2ccc(OC)cc2)CCCCC1. The van der Waals surface area contributed by atoms with Crippen LogP contribution in [0.25, 0.3) is 5.69 Å². The van der Waals surface area contributed by atoms with Gasteiger partial charge in [-0.2, -0.15) is 4.68 Å². The molecule has 1 aliphatic carbocycles. The number of benzene rings is 1. The van der Waals surface area contributed by atoms with Gasteiger partial charge in [-0.1, -0.05) is 26.2 Å². The monoisotopic (exact) mass is 343 g/mol. The third-order valence-electron chi connectivity index (χ3n) is 5.20. The maximum atomic E-state index is 12.5. The van der Waals surface area contributed by atoms with Crippen molar-refractivity contribution in [1.29, 1.82) is 0 Å². The first-order valence-corrected chi connectivity index (χ1v) is 8.82. The van der Waals surface area contributed by atoms with Crippen LogP contribution < -0.4 is 4.74 Å². The Labute approximate surface area is 148 Å². The van der Waals surface area contributed by atoms with E-state index in [4.69, 9.17) is 4.74 Å². The Kier molecular flexibility index (Phi) is 5.01. The van der Waals surface area contributed by atoms with Crippen LogP contribution in [0.4, 0.5) is 0 Å². The number of carbonyl (C=O) groups is 1. The molecule has 0 saturated heterocycles. The minimum Gasteiger partial charge on any atom is -0.497 e. The summed E-state index contributed by atoms with van der Waals surface area (Å²) in [7, 11) is 3.52. The number of amides is 1. The molecule has 1 heterocycles. The highest BCUT2D eigenvalue weighted by molar-refractivity contribution is 5.76. The van der Waals surface area contributed by atoms with Gasteiger partial charge < -0.3 is 9.64 Å². The zero-order chi connectivity index (χ0) is 17.9. The second kappa shape index (κ2) is 7.21. The molecule has 0 spiro atoms. The summed E-state index contributed by atoms with van der Waals surface area (Å²) in [5.74, 6) is 1.64. The van der Waals surface area contributed by atoms with Crippen LogP contribution >= 0.6 is 0 Å². The van der Waals surface area contributed by atoms with Gasteiger partial charge in [0.25, 0.3) is 0 Å². The summed E-state index contributed by atoms with van der Waals surface area (Å²) in [5.41, 5.74) is 0.414. The summed E-state index contributed by atoms with van der Waals surface area (Å²) < 4.78 is 6.98. The molecule has 1 aromatic heterocycles. The first-order valence-electron chi connectivity index (χ1n) is 8.82. The lowest BCUT2D eigenvalue weighted by molar-refractivity contribution is -0.137. The molecule has 134 valence electrons. The Morgan fingerprint density at radius 1 is 1.24 bits per heavy atom. The molecular formula is C18H25N5O2. The van der Waals surface area contributed by atoms with Gasteiger partial charge in [0.15, 0.2) is 5.82 Å². The van der Waals surface area contributed by atoms with Crippen LogP contribution in [0, 0.1) is 0 Å². The van der Waals surface area contributed by atoms with Crippen molar-refractivity contribution in [2.24, 2.45) is 0 Å². The highest BCUT2D eigenvalue weighted by Crippen LogP contribution is 2.41. The predicted molar refractivity (Wildman–Crippen MR) is 93.5 cm³/mol. The lowest BCUT2D eigenvalue weighted by Gasteiger charge is -2.43. The Morgan fingerprint density at radius 2 is 1.92 bits per heavy atom. The van der Waals surface area contributed by atoms with Crippen molar-refractivity contribution in [2.75, 3.05) is 14.2 Å². The maximum absolute atomic E-state index is 12.5. The summed E-state index contributed by atoms with van der Waals surface area (Å²) >= 11 is 0. The quantitative estimate of drug-likeness (QED) is 0.834. The fraction of sp³-hybridized carbons (Fsp3) is 0.556. The van der Waals surface area contributed by atoms with Crippen molar-refractivity contribution in [2.45, 2.75) is 51.0 Å². The van der Waals surface area contributed by atoms with Gasteiger partial charge in [0.1, 0.15) is 11.3 Å². The van der Waals surface area contributed by atoms with Crippen molar-refractivity contribution >= 4 is 5.91 Å². The van der Waals surface area contributed by atoms with Gasteiger partial charge in [0, 0.05) is 13.5 Å². The van der Waals surface area contributed by atoms with E-state index < -0.39 is 5.54 Å². The standard InChI is InChI=1S/C18H25N5O2/c1-4-16(24)22(2)18(12-6-5-7-13-18)17-19-20-21-23(17)14-8-10-15(25-3)11-9-14/h8-11H,4-7,12-13H2,1-3H3. The van der Waals surface area contributed by atoms with Crippen molar-refractivity contribution in [3.8, 4) is 11.4 Å². The fourth-order valence-corrected chi connectivity index (χ4v) is 3.70. The van der Waals surface area contributed by atoms with Crippen LogP contribution in [-0.2, 0) is 10.3 Å².